The molecule has 21 heavy (non-hydrogen) atoms. The number of hydrogen-bond donors (Lipinski definition) is 1. The first kappa shape index (κ1) is 16.8. The van der Waals surface area contributed by atoms with Gasteiger partial charge in [0, 0.05) is 24.6 Å². The van der Waals surface area contributed by atoms with Crippen LogP contribution in [-0.2, 0) is 4.79 Å². The Morgan fingerprint density at radius 3 is 2.38 bits per heavy atom. The molecule has 1 aliphatic carbocycles. The largest absolute Gasteiger partial charge is 0.396 e. The third kappa shape index (κ3) is 3.80. The molecule has 1 amide bonds. The van der Waals surface area contributed by atoms with E-state index in [1.54, 1.807) is 0 Å². The number of nitrogens with zero attached hydrogens (tertiary/aromatic N) is 1. The van der Waals surface area contributed by atoms with Crippen molar-refractivity contribution in [3.05, 3.63) is 0 Å². The highest BCUT2D eigenvalue weighted by molar-refractivity contribution is 5.82. The van der Waals surface area contributed by atoms with Crippen LogP contribution in [0.5, 0.6) is 0 Å². The first-order valence-corrected chi connectivity index (χ1v) is 8.69. The SMILES string of the molecule is CC(C)(CO)CC(C)(C)C(=O)N1CCCC2CCCCC21. The summed E-state index contributed by atoms with van der Waals surface area (Å²) < 4.78 is 0. The van der Waals surface area contributed by atoms with E-state index in [-0.39, 0.29) is 17.4 Å². The summed E-state index contributed by atoms with van der Waals surface area (Å²) in [5.41, 5.74) is -0.577. The van der Waals surface area contributed by atoms with Gasteiger partial charge in [-0.1, -0.05) is 40.5 Å². The highest BCUT2D eigenvalue weighted by atomic mass is 16.3. The van der Waals surface area contributed by atoms with Crippen molar-refractivity contribution in [3.63, 3.8) is 0 Å². The van der Waals surface area contributed by atoms with Crippen LogP contribution < -0.4 is 0 Å². The van der Waals surface area contributed by atoms with Gasteiger partial charge in [0.05, 0.1) is 0 Å². The average molecular weight is 295 g/mol. The molecule has 1 saturated heterocycles. The van der Waals surface area contributed by atoms with Crippen LogP contribution in [0.25, 0.3) is 0 Å². The molecule has 122 valence electrons. The number of rotatable bonds is 4. The molecule has 0 radical (unpaired) electrons. The Kier molecular flexibility index (Phi) is 5.02. The number of hydrogen-bond acceptors (Lipinski definition) is 2. The van der Waals surface area contributed by atoms with E-state index < -0.39 is 0 Å². The van der Waals surface area contributed by atoms with Crippen molar-refractivity contribution in [2.24, 2.45) is 16.7 Å². The van der Waals surface area contributed by atoms with Gasteiger partial charge in [0.1, 0.15) is 0 Å². The van der Waals surface area contributed by atoms with E-state index in [4.69, 9.17) is 0 Å². The van der Waals surface area contributed by atoms with Crippen molar-refractivity contribution in [2.75, 3.05) is 13.2 Å². The molecule has 2 atom stereocenters. The van der Waals surface area contributed by atoms with Crippen LogP contribution >= 0.6 is 0 Å². The smallest absolute Gasteiger partial charge is 0.228 e. The molecule has 2 fully saturated rings. The number of aliphatic hydroxyl groups excluding tert-OH is 1. The molecule has 0 aromatic carbocycles. The third-order valence-electron chi connectivity index (χ3n) is 5.43. The zero-order valence-electron chi connectivity index (χ0n) is 14.3. The Labute approximate surface area is 130 Å². The zero-order valence-corrected chi connectivity index (χ0v) is 14.3. The molecule has 2 aliphatic rings. The van der Waals surface area contributed by atoms with Crippen LogP contribution in [0.1, 0.15) is 72.6 Å². The Hall–Kier alpha value is -0.570. The Morgan fingerprint density at radius 2 is 1.71 bits per heavy atom. The van der Waals surface area contributed by atoms with Gasteiger partial charge >= 0.3 is 0 Å². The topological polar surface area (TPSA) is 40.5 Å². The van der Waals surface area contributed by atoms with Gasteiger partial charge in [0.15, 0.2) is 0 Å². The van der Waals surface area contributed by atoms with E-state index in [0.717, 1.165) is 25.3 Å². The summed E-state index contributed by atoms with van der Waals surface area (Å²) in [6, 6.07) is 0.483. The monoisotopic (exact) mass is 295 g/mol. The van der Waals surface area contributed by atoms with Crippen LogP contribution in [0, 0.1) is 16.7 Å². The lowest BCUT2D eigenvalue weighted by Crippen LogP contribution is -2.54. The van der Waals surface area contributed by atoms with Crippen molar-refractivity contribution >= 4 is 5.91 Å². The van der Waals surface area contributed by atoms with Crippen molar-refractivity contribution in [3.8, 4) is 0 Å². The lowest BCUT2D eigenvalue weighted by molar-refractivity contribution is -0.149. The van der Waals surface area contributed by atoms with Crippen LogP contribution in [0.15, 0.2) is 0 Å². The van der Waals surface area contributed by atoms with Gasteiger partial charge < -0.3 is 10.0 Å². The van der Waals surface area contributed by atoms with Crippen molar-refractivity contribution in [2.45, 2.75) is 78.7 Å². The Balaban J connectivity index is 2.10. The molecular weight excluding hydrogens is 262 g/mol. The Morgan fingerprint density at radius 1 is 1.10 bits per heavy atom. The van der Waals surface area contributed by atoms with Gasteiger partial charge in [-0.3, -0.25) is 4.79 Å². The normalized spacial score (nSPS) is 27.4. The van der Waals surface area contributed by atoms with Crippen molar-refractivity contribution in [1.82, 2.24) is 4.90 Å². The fraction of sp³-hybridized carbons (Fsp3) is 0.944. The zero-order chi connectivity index (χ0) is 15.7. The van der Waals surface area contributed by atoms with Crippen molar-refractivity contribution in [1.29, 1.82) is 0 Å². The maximum absolute atomic E-state index is 13.1. The second-order valence-corrected chi connectivity index (χ2v) is 8.64. The second kappa shape index (κ2) is 6.28. The quantitative estimate of drug-likeness (QED) is 0.861. The van der Waals surface area contributed by atoms with Gasteiger partial charge in [-0.25, -0.2) is 0 Å². The number of aliphatic hydroxyl groups is 1. The molecule has 0 spiro atoms. The lowest BCUT2D eigenvalue weighted by Gasteiger charge is -2.47. The molecule has 1 aliphatic heterocycles. The van der Waals surface area contributed by atoms with E-state index >= 15 is 0 Å². The summed E-state index contributed by atoms with van der Waals surface area (Å²) in [6.07, 6.45) is 8.30. The van der Waals surface area contributed by atoms with E-state index in [0.29, 0.717) is 11.9 Å². The predicted molar refractivity (Wildman–Crippen MR) is 86.0 cm³/mol. The standard InChI is InChI=1S/C18H33NO2/c1-17(2,13-20)12-18(3,4)16(21)19-11-7-9-14-8-5-6-10-15(14)19/h14-15,20H,5-13H2,1-4H3. The first-order valence-electron chi connectivity index (χ1n) is 8.69. The summed E-state index contributed by atoms with van der Waals surface area (Å²) in [4.78, 5) is 15.3. The second-order valence-electron chi connectivity index (χ2n) is 8.64. The molecule has 0 aromatic rings. The van der Waals surface area contributed by atoms with Gasteiger partial charge in [0.25, 0.3) is 0 Å². The molecule has 1 N–H and O–H groups in total. The number of fused-ring (bicyclic) bond motifs is 1. The minimum atomic E-state index is -0.383. The van der Waals surface area contributed by atoms with Crippen LogP contribution in [0.2, 0.25) is 0 Å². The van der Waals surface area contributed by atoms with Crippen molar-refractivity contribution < 1.29 is 9.90 Å². The maximum atomic E-state index is 13.1. The number of carbonyl (C=O) groups is 1. The van der Waals surface area contributed by atoms with Gasteiger partial charge in [-0.15, -0.1) is 0 Å². The molecule has 1 heterocycles. The molecule has 3 nitrogen and oxygen atoms in total. The van der Waals surface area contributed by atoms with Crippen LogP contribution in [-0.4, -0.2) is 35.1 Å². The summed E-state index contributed by atoms with van der Waals surface area (Å²) in [7, 11) is 0. The fourth-order valence-electron chi connectivity index (χ4n) is 4.59. The average Bonchev–Trinajstić information content (AvgIpc) is 2.45. The minimum absolute atomic E-state index is 0.135. The number of carbonyl (C=O) groups excluding carboxylic acids is 1. The molecule has 3 heteroatoms. The van der Waals surface area contributed by atoms with Gasteiger partial charge in [-0.05, 0) is 43.4 Å². The van der Waals surface area contributed by atoms with E-state index in [1.165, 1.54) is 32.1 Å². The number of piperidine rings is 1. The summed E-state index contributed by atoms with van der Waals surface area (Å²) in [5, 5.41) is 9.51. The highest BCUT2D eigenvalue weighted by Gasteiger charge is 2.42. The van der Waals surface area contributed by atoms with E-state index in [1.807, 2.05) is 13.8 Å². The molecule has 2 unspecified atom stereocenters. The third-order valence-corrected chi connectivity index (χ3v) is 5.43. The van der Waals surface area contributed by atoms with Crippen LogP contribution in [0.4, 0.5) is 0 Å². The molecule has 1 saturated carbocycles. The van der Waals surface area contributed by atoms with E-state index in [2.05, 4.69) is 18.7 Å². The number of likely N-dealkylation sites (tertiary alicyclic amines) is 1. The molecule has 0 bridgehead atoms. The van der Waals surface area contributed by atoms with Crippen LogP contribution in [0.3, 0.4) is 0 Å². The van der Waals surface area contributed by atoms with Gasteiger partial charge in [-0.2, -0.15) is 0 Å². The lowest BCUT2D eigenvalue weighted by atomic mass is 9.72. The van der Waals surface area contributed by atoms with Gasteiger partial charge in [0.2, 0.25) is 5.91 Å². The molecular formula is C18H33NO2. The first-order chi connectivity index (χ1) is 9.77. The fourth-order valence-corrected chi connectivity index (χ4v) is 4.59. The summed E-state index contributed by atoms with van der Waals surface area (Å²) in [6.45, 7) is 9.26. The molecule has 0 aromatic heterocycles. The Bertz CT molecular complexity index is 373. The maximum Gasteiger partial charge on any atom is 0.228 e. The summed E-state index contributed by atoms with van der Waals surface area (Å²) in [5.74, 6) is 1.04. The predicted octanol–water partition coefficient (Wildman–Crippen LogP) is 3.60. The van der Waals surface area contributed by atoms with E-state index in [9.17, 15) is 9.90 Å². The molecule has 2 rings (SSSR count). The number of amides is 1. The highest BCUT2D eigenvalue weighted by Crippen LogP contribution is 2.40. The summed E-state index contributed by atoms with van der Waals surface area (Å²) >= 11 is 0. The minimum Gasteiger partial charge on any atom is -0.396 e.